The van der Waals surface area contributed by atoms with Crippen LogP contribution >= 0.6 is 39.3 Å². The fourth-order valence-corrected chi connectivity index (χ4v) is 2.71. The van der Waals surface area contributed by atoms with Crippen LogP contribution in [-0.2, 0) is 4.79 Å². The fourth-order valence-electron chi connectivity index (χ4n) is 1.66. The number of anilines is 1. The van der Waals surface area contributed by atoms with Gasteiger partial charge in [-0.3, -0.25) is 4.79 Å². The van der Waals surface area contributed by atoms with Crippen LogP contribution in [0.3, 0.4) is 0 Å². The van der Waals surface area contributed by atoms with Gasteiger partial charge in [-0.1, -0.05) is 39.7 Å². The van der Waals surface area contributed by atoms with E-state index in [1.54, 1.807) is 12.1 Å². The minimum absolute atomic E-state index is 0.0678. The minimum atomic E-state index is -0.0678. The van der Waals surface area contributed by atoms with Gasteiger partial charge in [0.05, 0.1) is 23.1 Å². The summed E-state index contributed by atoms with van der Waals surface area (Å²) in [5.74, 6) is 1.87. The van der Waals surface area contributed by atoms with Gasteiger partial charge in [-0.2, -0.15) is 0 Å². The van der Waals surface area contributed by atoms with Gasteiger partial charge in [0.2, 0.25) is 5.91 Å². The number of carbonyl (C=O) groups is 1. The molecular formula is C16H15BrClNO2S. The van der Waals surface area contributed by atoms with E-state index in [-0.39, 0.29) is 5.91 Å². The Morgan fingerprint density at radius 1 is 1.18 bits per heavy atom. The average Bonchev–Trinajstić information content (AvgIpc) is 2.51. The zero-order valence-corrected chi connectivity index (χ0v) is 14.9. The van der Waals surface area contributed by atoms with Crippen molar-refractivity contribution in [2.75, 3.05) is 23.4 Å². The normalized spacial score (nSPS) is 10.3. The molecule has 2 aromatic carbocycles. The Morgan fingerprint density at radius 3 is 2.64 bits per heavy atom. The summed E-state index contributed by atoms with van der Waals surface area (Å²) in [6.07, 6.45) is 0. The minimum Gasteiger partial charge on any atom is -0.493 e. The van der Waals surface area contributed by atoms with Gasteiger partial charge in [0, 0.05) is 10.2 Å². The highest BCUT2D eigenvalue weighted by molar-refractivity contribution is 9.10. The molecule has 1 N–H and O–H groups in total. The van der Waals surface area contributed by atoms with Crippen LogP contribution in [0.2, 0.25) is 5.02 Å². The number of carbonyl (C=O) groups excluding carboxylic acids is 1. The molecule has 0 aliphatic rings. The molecule has 0 unspecified atom stereocenters. The number of benzene rings is 2. The van der Waals surface area contributed by atoms with Crippen molar-refractivity contribution >= 4 is 50.9 Å². The lowest BCUT2D eigenvalue weighted by Gasteiger charge is -2.08. The van der Waals surface area contributed by atoms with Gasteiger partial charge >= 0.3 is 0 Å². The molecule has 22 heavy (non-hydrogen) atoms. The van der Waals surface area contributed by atoms with Gasteiger partial charge in [-0.25, -0.2) is 0 Å². The standard InChI is InChI=1S/C16H15BrClNO2S/c17-12-5-7-13(8-6-12)21-9-10-22-11-16(20)19-15-4-2-1-3-14(15)18/h1-8H,9-11H2,(H,19,20). The summed E-state index contributed by atoms with van der Waals surface area (Å²) in [5.41, 5.74) is 0.640. The lowest BCUT2D eigenvalue weighted by molar-refractivity contribution is -0.113. The molecular weight excluding hydrogens is 386 g/mol. The largest absolute Gasteiger partial charge is 0.493 e. The van der Waals surface area contributed by atoms with E-state index in [1.807, 2.05) is 36.4 Å². The SMILES string of the molecule is O=C(CSCCOc1ccc(Br)cc1)Nc1ccccc1Cl. The van der Waals surface area contributed by atoms with Gasteiger partial charge in [-0.15, -0.1) is 11.8 Å². The second kappa shape index (κ2) is 9.08. The quantitative estimate of drug-likeness (QED) is 0.675. The fraction of sp³-hybridized carbons (Fsp3) is 0.188. The van der Waals surface area contributed by atoms with Gasteiger partial charge in [-0.05, 0) is 36.4 Å². The van der Waals surface area contributed by atoms with Crippen molar-refractivity contribution in [2.45, 2.75) is 0 Å². The van der Waals surface area contributed by atoms with Crippen LogP contribution in [0.1, 0.15) is 0 Å². The summed E-state index contributed by atoms with van der Waals surface area (Å²) in [6, 6.07) is 14.8. The molecule has 0 saturated heterocycles. The van der Waals surface area contributed by atoms with E-state index >= 15 is 0 Å². The Labute approximate surface area is 147 Å². The number of halogens is 2. The Kier molecular flexibility index (Phi) is 7.09. The zero-order valence-electron chi connectivity index (χ0n) is 11.7. The van der Waals surface area contributed by atoms with E-state index in [1.165, 1.54) is 11.8 Å². The first kappa shape index (κ1) is 17.2. The molecule has 1 amide bonds. The monoisotopic (exact) mass is 399 g/mol. The van der Waals surface area contributed by atoms with Crippen LogP contribution in [0.5, 0.6) is 5.75 Å². The molecule has 0 radical (unpaired) electrons. The molecule has 0 aliphatic heterocycles. The number of amides is 1. The molecule has 0 spiro atoms. The Bertz CT molecular complexity index is 622. The van der Waals surface area contributed by atoms with Crippen molar-refractivity contribution in [1.29, 1.82) is 0 Å². The van der Waals surface area contributed by atoms with Gasteiger partial charge in [0.25, 0.3) is 0 Å². The second-order valence-electron chi connectivity index (χ2n) is 4.38. The first-order valence-electron chi connectivity index (χ1n) is 6.65. The predicted octanol–water partition coefficient (Wildman–Crippen LogP) is 4.85. The number of nitrogens with one attached hydrogen (secondary N) is 1. The smallest absolute Gasteiger partial charge is 0.234 e. The third-order valence-corrected chi connectivity index (χ3v) is 4.47. The van der Waals surface area contributed by atoms with Crippen LogP contribution < -0.4 is 10.1 Å². The number of rotatable bonds is 7. The Hall–Kier alpha value is -1.17. The van der Waals surface area contributed by atoms with Crippen LogP contribution in [-0.4, -0.2) is 24.0 Å². The van der Waals surface area contributed by atoms with E-state index in [9.17, 15) is 4.79 Å². The molecule has 3 nitrogen and oxygen atoms in total. The number of para-hydroxylation sites is 1. The van der Waals surface area contributed by atoms with Crippen LogP contribution in [0, 0.1) is 0 Å². The Balaban J connectivity index is 1.63. The highest BCUT2D eigenvalue weighted by Crippen LogP contribution is 2.20. The summed E-state index contributed by atoms with van der Waals surface area (Å²) < 4.78 is 6.60. The van der Waals surface area contributed by atoms with Gasteiger partial charge < -0.3 is 10.1 Å². The summed E-state index contributed by atoms with van der Waals surface area (Å²) in [7, 11) is 0. The van der Waals surface area contributed by atoms with Gasteiger partial charge in [0.15, 0.2) is 0 Å². The van der Waals surface area contributed by atoms with Crippen LogP contribution in [0.15, 0.2) is 53.0 Å². The Morgan fingerprint density at radius 2 is 1.91 bits per heavy atom. The molecule has 2 rings (SSSR count). The highest BCUT2D eigenvalue weighted by atomic mass is 79.9. The topological polar surface area (TPSA) is 38.3 Å². The third-order valence-electron chi connectivity index (χ3n) is 2.69. The second-order valence-corrected chi connectivity index (χ2v) is 6.81. The average molecular weight is 401 g/mol. The van der Waals surface area contributed by atoms with Crippen LogP contribution in [0.25, 0.3) is 0 Å². The lowest BCUT2D eigenvalue weighted by atomic mass is 10.3. The lowest BCUT2D eigenvalue weighted by Crippen LogP contribution is -2.15. The van der Waals surface area contributed by atoms with E-state index in [2.05, 4.69) is 21.2 Å². The molecule has 0 heterocycles. The predicted molar refractivity (Wildman–Crippen MR) is 97.0 cm³/mol. The van der Waals surface area contributed by atoms with E-state index in [4.69, 9.17) is 16.3 Å². The number of thioether (sulfide) groups is 1. The molecule has 116 valence electrons. The van der Waals surface area contributed by atoms with Crippen molar-refractivity contribution in [1.82, 2.24) is 0 Å². The molecule has 0 saturated carbocycles. The zero-order chi connectivity index (χ0) is 15.8. The third kappa shape index (κ3) is 5.91. The first-order valence-corrected chi connectivity index (χ1v) is 8.98. The van der Waals surface area contributed by atoms with E-state index < -0.39 is 0 Å². The molecule has 2 aromatic rings. The van der Waals surface area contributed by atoms with Crippen molar-refractivity contribution in [2.24, 2.45) is 0 Å². The molecule has 6 heteroatoms. The van der Waals surface area contributed by atoms with Crippen molar-refractivity contribution < 1.29 is 9.53 Å². The van der Waals surface area contributed by atoms with Crippen molar-refractivity contribution in [3.63, 3.8) is 0 Å². The molecule has 0 fully saturated rings. The maximum absolute atomic E-state index is 11.8. The summed E-state index contributed by atoms with van der Waals surface area (Å²) in [5, 5.41) is 3.33. The molecule has 0 aliphatic carbocycles. The number of hydrogen-bond donors (Lipinski definition) is 1. The van der Waals surface area contributed by atoms with E-state index in [0.29, 0.717) is 23.1 Å². The summed E-state index contributed by atoms with van der Waals surface area (Å²) in [6.45, 7) is 0.561. The first-order chi connectivity index (χ1) is 10.6. The van der Waals surface area contributed by atoms with Crippen LogP contribution in [0.4, 0.5) is 5.69 Å². The molecule has 0 atom stereocenters. The maximum atomic E-state index is 11.8. The number of hydrogen-bond acceptors (Lipinski definition) is 3. The molecule has 0 bridgehead atoms. The number of ether oxygens (including phenoxy) is 1. The summed E-state index contributed by atoms with van der Waals surface area (Å²) in [4.78, 5) is 11.8. The van der Waals surface area contributed by atoms with Crippen molar-refractivity contribution in [3.05, 3.63) is 58.0 Å². The summed E-state index contributed by atoms with van der Waals surface area (Å²) >= 11 is 10.9. The highest BCUT2D eigenvalue weighted by Gasteiger charge is 2.05. The van der Waals surface area contributed by atoms with E-state index in [0.717, 1.165) is 16.0 Å². The maximum Gasteiger partial charge on any atom is 0.234 e. The van der Waals surface area contributed by atoms with Gasteiger partial charge in [0.1, 0.15) is 5.75 Å². The molecule has 0 aromatic heterocycles. The van der Waals surface area contributed by atoms with Crippen molar-refractivity contribution in [3.8, 4) is 5.75 Å².